The molecular formula is C16H10. The largest absolute Gasteiger partial charge is 0.0616 e. The van der Waals surface area contributed by atoms with E-state index in [4.69, 9.17) is 0 Å². The lowest BCUT2D eigenvalue weighted by Gasteiger charge is -2.06. The van der Waals surface area contributed by atoms with Crippen LogP contribution in [-0.4, -0.2) is 0 Å². The molecule has 0 saturated carbocycles. The van der Waals surface area contributed by atoms with Crippen molar-refractivity contribution in [3.8, 4) is 11.1 Å². The average Bonchev–Trinajstić information content (AvgIpc) is 2.45. The summed E-state index contributed by atoms with van der Waals surface area (Å²) in [5.41, 5.74) is 5.53. The van der Waals surface area contributed by atoms with Gasteiger partial charge >= 0.3 is 0 Å². The second-order valence-electron chi connectivity index (χ2n) is 4.29. The van der Waals surface area contributed by atoms with Crippen LogP contribution in [0.3, 0.4) is 0 Å². The Balaban J connectivity index is 2.28. The molecule has 1 aromatic rings. The molecule has 0 bridgehead atoms. The van der Waals surface area contributed by atoms with Crippen LogP contribution in [0.4, 0.5) is 0 Å². The van der Waals surface area contributed by atoms with Crippen molar-refractivity contribution in [2.75, 3.05) is 0 Å². The molecule has 0 saturated heterocycles. The Morgan fingerprint density at radius 3 is 2.50 bits per heavy atom. The van der Waals surface area contributed by atoms with Crippen LogP contribution in [0, 0.1) is 0 Å². The summed E-state index contributed by atoms with van der Waals surface area (Å²) in [6.07, 6.45) is 4.40. The summed E-state index contributed by atoms with van der Waals surface area (Å²) in [5, 5.41) is 2.67. The minimum atomic E-state index is 1.31. The summed E-state index contributed by atoms with van der Waals surface area (Å²) in [5.74, 6) is 0. The third kappa shape index (κ3) is 0.892. The van der Waals surface area contributed by atoms with Crippen molar-refractivity contribution in [2.24, 2.45) is 0 Å². The molecule has 0 heterocycles. The van der Waals surface area contributed by atoms with E-state index in [1.54, 1.807) is 0 Å². The van der Waals surface area contributed by atoms with Crippen molar-refractivity contribution in [2.45, 2.75) is 0 Å². The van der Waals surface area contributed by atoms with Crippen LogP contribution in [0.15, 0.2) is 48.5 Å². The number of benzene rings is 1. The van der Waals surface area contributed by atoms with Gasteiger partial charge in [-0.3, -0.25) is 0 Å². The highest BCUT2D eigenvalue weighted by atomic mass is 14.2. The zero-order chi connectivity index (χ0) is 10.5. The van der Waals surface area contributed by atoms with Crippen LogP contribution in [-0.2, 0) is 0 Å². The van der Waals surface area contributed by atoms with Crippen LogP contribution >= 0.6 is 0 Å². The van der Waals surface area contributed by atoms with Crippen molar-refractivity contribution in [3.63, 3.8) is 0 Å². The van der Waals surface area contributed by atoms with Crippen molar-refractivity contribution in [1.29, 1.82) is 0 Å². The summed E-state index contributed by atoms with van der Waals surface area (Å²) in [6, 6.07) is 17.4. The summed E-state index contributed by atoms with van der Waals surface area (Å²) >= 11 is 0. The smallest absolute Gasteiger partial charge is 0.00266 e. The Morgan fingerprint density at radius 2 is 1.62 bits per heavy atom. The van der Waals surface area contributed by atoms with Crippen molar-refractivity contribution >= 4 is 22.9 Å². The van der Waals surface area contributed by atoms with E-state index in [9.17, 15) is 0 Å². The standard InChI is InChI=1S/C16H10/c1-2-7-14-11(4-1)5-3-6-13-10-12-8-9-15(12)16(13)14/h1-10H. The molecule has 0 aliphatic heterocycles. The van der Waals surface area contributed by atoms with Gasteiger partial charge in [-0.1, -0.05) is 54.6 Å². The average molecular weight is 202 g/mol. The number of hydrogen-bond acceptors (Lipinski definition) is 0. The fourth-order valence-electron chi connectivity index (χ4n) is 2.57. The van der Waals surface area contributed by atoms with E-state index in [0.717, 1.165) is 0 Å². The minimum absolute atomic E-state index is 1.31. The molecule has 0 heteroatoms. The second kappa shape index (κ2) is 2.73. The molecule has 0 unspecified atom stereocenters. The summed E-state index contributed by atoms with van der Waals surface area (Å²) in [6.45, 7) is 0. The van der Waals surface area contributed by atoms with Gasteiger partial charge in [0, 0.05) is 0 Å². The van der Waals surface area contributed by atoms with Crippen LogP contribution in [0.25, 0.3) is 34.1 Å². The van der Waals surface area contributed by atoms with Gasteiger partial charge in [0.1, 0.15) is 0 Å². The summed E-state index contributed by atoms with van der Waals surface area (Å²) in [4.78, 5) is 0. The Hall–Kier alpha value is -2.08. The maximum Gasteiger partial charge on any atom is -0.00266 e. The number of hydrogen-bond donors (Lipinski definition) is 0. The van der Waals surface area contributed by atoms with Crippen molar-refractivity contribution in [1.82, 2.24) is 0 Å². The van der Waals surface area contributed by atoms with Gasteiger partial charge in [-0.25, -0.2) is 0 Å². The zero-order valence-electron chi connectivity index (χ0n) is 8.77. The lowest BCUT2D eigenvalue weighted by atomic mass is 9.97. The predicted octanol–water partition coefficient (Wildman–Crippen LogP) is 4.43. The Bertz CT molecular complexity index is 705. The highest BCUT2D eigenvalue weighted by Gasteiger charge is 2.18. The second-order valence-corrected chi connectivity index (χ2v) is 4.29. The van der Waals surface area contributed by atoms with E-state index < -0.39 is 0 Å². The molecule has 16 heavy (non-hydrogen) atoms. The van der Waals surface area contributed by atoms with Gasteiger partial charge in [0.05, 0.1) is 0 Å². The molecule has 4 rings (SSSR count). The van der Waals surface area contributed by atoms with Gasteiger partial charge in [-0.2, -0.15) is 0 Å². The lowest BCUT2D eigenvalue weighted by Crippen LogP contribution is -1.83. The molecule has 3 aliphatic carbocycles. The highest BCUT2D eigenvalue weighted by Crippen LogP contribution is 2.42. The van der Waals surface area contributed by atoms with Crippen molar-refractivity contribution < 1.29 is 0 Å². The quantitative estimate of drug-likeness (QED) is 0.395. The molecule has 0 spiro atoms. The van der Waals surface area contributed by atoms with Gasteiger partial charge in [0.2, 0.25) is 0 Å². The van der Waals surface area contributed by atoms with Crippen LogP contribution < -0.4 is 0 Å². The van der Waals surface area contributed by atoms with E-state index in [1.807, 2.05) is 0 Å². The summed E-state index contributed by atoms with van der Waals surface area (Å²) in [7, 11) is 0. The molecule has 0 radical (unpaired) electrons. The first-order valence-corrected chi connectivity index (χ1v) is 5.56. The minimum Gasteiger partial charge on any atom is -0.0616 e. The predicted molar refractivity (Wildman–Crippen MR) is 69.5 cm³/mol. The molecule has 0 N–H and O–H groups in total. The summed E-state index contributed by atoms with van der Waals surface area (Å²) < 4.78 is 0. The van der Waals surface area contributed by atoms with Gasteiger partial charge in [0.15, 0.2) is 0 Å². The fraction of sp³-hybridized carbons (Fsp3) is 0. The molecule has 1 aromatic carbocycles. The first kappa shape index (κ1) is 8.12. The first-order valence-electron chi connectivity index (χ1n) is 5.56. The van der Waals surface area contributed by atoms with Crippen LogP contribution in [0.5, 0.6) is 0 Å². The monoisotopic (exact) mass is 202 g/mol. The molecule has 0 atom stereocenters. The van der Waals surface area contributed by atoms with E-state index >= 15 is 0 Å². The van der Waals surface area contributed by atoms with Gasteiger partial charge in [-0.05, 0) is 39.1 Å². The van der Waals surface area contributed by atoms with Gasteiger partial charge in [0.25, 0.3) is 0 Å². The third-order valence-corrected chi connectivity index (χ3v) is 3.39. The van der Waals surface area contributed by atoms with E-state index in [1.165, 1.54) is 33.0 Å². The zero-order valence-corrected chi connectivity index (χ0v) is 8.77. The fourth-order valence-corrected chi connectivity index (χ4v) is 2.57. The molecule has 74 valence electrons. The number of fused-ring (bicyclic) bond motifs is 5. The van der Waals surface area contributed by atoms with E-state index in [2.05, 4.69) is 60.7 Å². The number of rotatable bonds is 0. The maximum atomic E-state index is 2.27. The van der Waals surface area contributed by atoms with Gasteiger partial charge in [-0.15, -0.1) is 0 Å². The van der Waals surface area contributed by atoms with Crippen LogP contribution in [0.1, 0.15) is 11.1 Å². The molecule has 3 aliphatic rings. The van der Waals surface area contributed by atoms with E-state index in [-0.39, 0.29) is 0 Å². The molecular weight excluding hydrogens is 192 g/mol. The molecule has 0 nitrogen and oxygen atoms in total. The van der Waals surface area contributed by atoms with Gasteiger partial charge < -0.3 is 0 Å². The Kier molecular flexibility index (Phi) is 1.39. The highest BCUT2D eigenvalue weighted by molar-refractivity contribution is 6.07. The third-order valence-electron chi connectivity index (χ3n) is 3.39. The maximum absolute atomic E-state index is 2.27. The topological polar surface area (TPSA) is 0 Å². The lowest BCUT2D eigenvalue weighted by molar-refractivity contribution is 1.74. The molecule has 0 aromatic heterocycles. The molecule has 0 amide bonds. The SMILES string of the molecule is C1=Cc2c1cc1cccc3ccccc3c2-1. The Morgan fingerprint density at radius 1 is 0.750 bits per heavy atom. The van der Waals surface area contributed by atoms with Crippen LogP contribution in [0.2, 0.25) is 0 Å². The van der Waals surface area contributed by atoms with Crippen molar-refractivity contribution in [3.05, 3.63) is 59.7 Å². The first-order chi connectivity index (χ1) is 7.93. The Labute approximate surface area is 94.2 Å². The molecule has 0 fully saturated rings. The normalized spacial score (nSPS) is 12.8. The van der Waals surface area contributed by atoms with E-state index in [0.29, 0.717) is 0 Å².